The van der Waals surface area contributed by atoms with Crippen molar-refractivity contribution in [2.24, 2.45) is 0 Å². The van der Waals surface area contributed by atoms with Crippen molar-refractivity contribution in [2.75, 3.05) is 5.32 Å². The van der Waals surface area contributed by atoms with E-state index < -0.39 is 11.7 Å². The molecule has 0 saturated heterocycles. The van der Waals surface area contributed by atoms with E-state index in [1.165, 1.54) is 15.8 Å². The predicted molar refractivity (Wildman–Crippen MR) is 121 cm³/mol. The third-order valence-electron chi connectivity index (χ3n) is 6.83. The average Bonchev–Trinajstić information content (AvgIpc) is 3.26. The second-order valence-electron chi connectivity index (χ2n) is 8.75. The molecular formula is C24H20N6O4. The van der Waals surface area contributed by atoms with Crippen molar-refractivity contribution in [1.82, 2.24) is 24.8 Å². The molecule has 3 amide bonds. The van der Waals surface area contributed by atoms with Gasteiger partial charge in [0.1, 0.15) is 29.2 Å². The third kappa shape index (κ3) is 2.88. The summed E-state index contributed by atoms with van der Waals surface area (Å²) >= 11 is 0. The van der Waals surface area contributed by atoms with E-state index in [1.807, 2.05) is 0 Å². The van der Waals surface area contributed by atoms with E-state index in [0.717, 1.165) is 0 Å². The number of benzene rings is 1. The monoisotopic (exact) mass is 456 g/mol. The largest absolute Gasteiger partial charge is 0.336 e. The van der Waals surface area contributed by atoms with Gasteiger partial charge in [-0.05, 0) is 49.6 Å². The van der Waals surface area contributed by atoms with E-state index in [0.29, 0.717) is 36.2 Å². The third-order valence-corrected chi connectivity index (χ3v) is 6.83. The Morgan fingerprint density at radius 3 is 2.47 bits per heavy atom. The van der Waals surface area contributed by atoms with Gasteiger partial charge in [-0.3, -0.25) is 28.6 Å². The number of carbonyl (C=O) groups is 3. The number of hydrogen-bond acceptors (Lipinski definition) is 7. The van der Waals surface area contributed by atoms with E-state index >= 15 is 0 Å². The van der Waals surface area contributed by atoms with Crippen LogP contribution in [0.1, 0.15) is 56.9 Å². The number of fused-ring (bicyclic) bond motifs is 3. The maximum atomic E-state index is 13.5. The van der Waals surface area contributed by atoms with Gasteiger partial charge < -0.3 is 10.6 Å². The highest BCUT2D eigenvalue weighted by atomic mass is 16.2. The summed E-state index contributed by atoms with van der Waals surface area (Å²) in [4.78, 5) is 61.8. The molecule has 1 saturated carbocycles. The van der Waals surface area contributed by atoms with Crippen LogP contribution in [-0.2, 0) is 5.66 Å². The molecule has 0 bridgehead atoms. The van der Waals surface area contributed by atoms with Crippen molar-refractivity contribution in [3.05, 3.63) is 82.2 Å². The summed E-state index contributed by atoms with van der Waals surface area (Å²) in [5.74, 6) is -0.572. The van der Waals surface area contributed by atoms with Gasteiger partial charge in [0.05, 0.1) is 11.1 Å². The van der Waals surface area contributed by atoms with Crippen molar-refractivity contribution in [2.45, 2.75) is 37.4 Å². The first kappa shape index (κ1) is 20.3. The first-order valence-electron chi connectivity index (χ1n) is 11.1. The van der Waals surface area contributed by atoms with Gasteiger partial charge in [-0.2, -0.15) is 0 Å². The summed E-state index contributed by atoms with van der Waals surface area (Å²) in [7, 11) is 0. The number of imide groups is 1. The number of pyridine rings is 1. The van der Waals surface area contributed by atoms with Crippen LogP contribution >= 0.6 is 0 Å². The molecule has 1 fully saturated rings. The Hall–Kier alpha value is -4.34. The fourth-order valence-electron chi connectivity index (χ4n) is 5.37. The van der Waals surface area contributed by atoms with E-state index in [-0.39, 0.29) is 41.1 Å². The second kappa shape index (κ2) is 7.34. The van der Waals surface area contributed by atoms with Crippen molar-refractivity contribution in [3.63, 3.8) is 0 Å². The van der Waals surface area contributed by atoms with Gasteiger partial charge in [0.15, 0.2) is 0 Å². The van der Waals surface area contributed by atoms with Gasteiger partial charge in [0.2, 0.25) is 0 Å². The molecule has 1 aliphatic carbocycles. The Balaban J connectivity index is 1.37. The maximum absolute atomic E-state index is 13.5. The van der Waals surface area contributed by atoms with Crippen molar-refractivity contribution >= 4 is 29.2 Å². The molecule has 34 heavy (non-hydrogen) atoms. The fourth-order valence-corrected chi connectivity index (χ4v) is 5.37. The van der Waals surface area contributed by atoms with Crippen LogP contribution in [-0.4, -0.2) is 43.2 Å². The van der Waals surface area contributed by atoms with Crippen LogP contribution in [0.2, 0.25) is 0 Å². The second-order valence-corrected chi connectivity index (χ2v) is 8.75. The highest BCUT2D eigenvalue weighted by Crippen LogP contribution is 2.40. The van der Waals surface area contributed by atoms with E-state index in [1.54, 1.807) is 48.7 Å². The molecule has 6 rings (SSSR count). The van der Waals surface area contributed by atoms with Gasteiger partial charge in [0, 0.05) is 18.7 Å². The van der Waals surface area contributed by atoms with Crippen molar-refractivity contribution in [3.8, 4) is 0 Å². The van der Waals surface area contributed by atoms with Crippen LogP contribution in [0.5, 0.6) is 0 Å². The predicted octanol–water partition coefficient (Wildman–Crippen LogP) is 2.02. The van der Waals surface area contributed by atoms with Gasteiger partial charge in [-0.15, -0.1) is 0 Å². The minimum absolute atomic E-state index is 0.251. The molecule has 3 aliphatic rings. The molecule has 1 aromatic carbocycles. The number of amides is 3. The number of nitrogens with one attached hydrogen (secondary N) is 2. The van der Waals surface area contributed by atoms with Crippen LogP contribution in [0.15, 0.2) is 59.8 Å². The summed E-state index contributed by atoms with van der Waals surface area (Å²) in [5, 5.41) is 5.98. The number of aromatic nitrogens is 3. The van der Waals surface area contributed by atoms with Crippen LogP contribution in [0.4, 0.5) is 11.5 Å². The van der Waals surface area contributed by atoms with E-state index in [2.05, 4.69) is 20.6 Å². The minimum atomic E-state index is -1.02. The molecule has 1 spiro atoms. The standard InChI is InChI=1S/C24H20N6O4/c31-20-18-8-7-17(27-19-9-11-25-13-26-19)23(34)30(18)24(28-20)10-3-4-14(12-24)29-21(32)15-5-1-2-6-16(15)22(29)33/h1-2,5-9,11,13-14H,3-4,10,12H2,(H,28,31)(H,25,26,27)/t14-,24?/m0/s1. The summed E-state index contributed by atoms with van der Waals surface area (Å²) in [6.45, 7) is 0. The molecule has 2 aromatic heterocycles. The summed E-state index contributed by atoms with van der Waals surface area (Å²) in [6.07, 6.45) is 4.94. The Morgan fingerprint density at radius 2 is 1.76 bits per heavy atom. The van der Waals surface area contributed by atoms with Crippen LogP contribution < -0.4 is 16.2 Å². The van der Waals surface area contributed by atoms with E-state index in [4.69, 9.17) is 0 Å². The summed E-state index contributed by atoms with van der Waals surface area (Å²) in [6, 6.07) is 11.1. The number of carbonyl (C=O) groups excluding carboxylic acids is 3. The van der Waals surface area contributed by atoms with Crippen molar-refractivity contribution < 1.29 is 14.4 Å². The molecule has 10 heteroatoms. The van der Waals surface area contributed by atoms with E-state index in [9.17, 15) is 19.2 Å². The zero-order chi connectivity index (χ0) is 23.4. The number of hydrogen-bond donors (Lipinski definition) is 2. The molecule has 3 aromatic rings. The Morgan fingerprint density at radius 1 is 1.00 bits per heavy atom. The lowest BCUT2D eigenvalue weighted by Gasteiger charge is -2.41. The fraction of sp³-hybridized carbons (Fsp3) is 0.250. The average molecular weight is 456 g/mol. The molecule has 4 heterocycles. The Labute approximate surface area is 193 Å². The minimum Gasteiger partial charge on any atom is -0.336 e. The summed E-state index contributed by atoms with van der Waals surface area (Å²) < 4.78 is 1.48. The molecular weight excluding hydrogens is 436 g/mol. The van der Waals surface area contributed by atoms with Crippen LogP contribution in [0.25, 0.3) is 0 Å². The topological polar surface area (TPSA) is 126 Å². The molecule has 2 N–H and O–H groups in total. The SMILES string of the molecule is O=C1NC2(CCC[C@H](N3C(=O)c4ccccc4C3=O)C2)n2c1ccc(Nc1ccncn1)c2=O. The Kier molecular flexibility index (Phi) is 4.38. The molecule has 0 radical (unpaired) electrons. The van der Waals surface area contributed by atoms with Gasteiger partial charge >= 0.3 is 0 Å². The van der Waals surface area contributed by atoms with Gasteiger partial charge in [-0.1, -0.05) is 12.1 Å². The lowest BCUT2D eigenvalue weighted by molar-refractivity contribution is 0.0414. The molecule has 170 valence electrons. The molecule has 2 atom stereocenters. The Bertz CT molecular complexity index is 1380. The maximum Gasteiger partial charge on any atom is 0.276 e. The lowest BCUT2D eigenvalue weighted by atomic mass is 9.84. The van der Waals surface area contributed by atoms with Crippen LogP contribution in [0, 0.1) is 0 Å². The molecule has 2 aliphatic heterocycles. The highest BCUT2D eigenvalue weighted by molar-refractivity contribution is 6.21. The lowest BCUT2D eigenvalue weighted by Crippen LogP contribution is -2.55. The first-order valence-corrected chi connectivity index (χ1v) is 11.1. The quantitative estimate of drug-likeness (QED) is 0.578. The molecule has 10 nitrogen and oxygen atoms in total. The van der Waals surface area contributed by atoms with Gasteiger partial charge in [0.25, 0.3) is 23.3 Å². The smallest absolute Gasteiger partial charge is 0.276 e. The summed E-state index contributed by atoms with van der Waals surface area (Å²) in [5.41, 5.74) is -0.113. The number of nitrogens with zero attached hydrogens (tertiary/aromatic N) is 4. The van der Waals surface area contributed by atoms with Crippen LogP contribution in [0.3, 0.4) is 0 Å². The normalized spacial score (nSPS) is 23.1. The molecule has 1 unspecified atom stereocenters. The van der Waals surface area contributed by atoms with Crippen molar-refractivity contribution in [1.29, 1.82) is 0 Å². The first-order chi connectivity index (χ1) is 16.5. The van der Waals surface area contributed by atoms with Gasteiger partial charge in [-0.25, -0.2) is 9.97 Å². The zero-order valence-electron chi connectivity index (χ0n) is 18.0. The zero-order valence-corrected chi connectivity index (χ0v) is 18.0. The highest BCUT2D eigenvalue weighted by Gasteiger charge is 2.50. The number of anilines is 2. The number of rotatable bonds is 3.